The largest absolute Gasteiger partial charge is 0.396 e. The van der Waals surface area contributed by atoms with Crippen molar-refractivity contribution in [1.82, 2.24) is 0 Å². The lowest BCUT2D eigenvalue weighted by Gasteiger charge is -2.59. The van der Waals surface area contributed by atoms with Crippen molar-refractivity contribution in [3.05, 3.63) is 11.6 Å². The molecule has 0 spiro atoms. The molecule has 0 amide bonds. The number of carbonyl (C=O) groups excluding carboxylic acids is 1. The number of Topliss-reactive ketones (excluding diaryl/α,β-unsaturated/α-hetero) is 1. The summed E-state index contributed by atoms with van der Waals surface area (Å²) < 4.78 is 12.9. The maximum absolute atomic E-state index is 12.8. The van der Waals surface area contributed by atoms with Crippen LogP contribution in [0.25, 0.3) is 0 Å². The fraction of sp³-hybridized carbons (Fsp3) is 0.914. The average Bonchev–Trinajstić information content (AvgIpc) is 3.26. The zero-order valence-corrected chi connectivity index (χ0v) is 27.0. The molecule has 8 heteroatoms. The first-order valence-corrected chi connectivity index (χ1v) is 17.1. The Labute approximate surface area is 258 Å². The van der Waals surface area contributed by atoms with Gasteiger partial charge in [0.15, 0.2) is 6.29 Å². The van der Waals surface area contributed by atoms with Gasteiger partial charge in [0.05, 0.1) is 30.8 Å². The Balaban J connectivity index is 1.46. The van der Waals surface area contributed by atoms with Crippen LogP contribution in [0.1, 0.15) is 98.8 Å². The fourth-order valence-electron chi connectivity index (χ4n) is 10.6. The molecule has 1 heterocycles. The summed E-state index contributed by atoms with van der Waals surface area (Å²) in [5.74, 6) is 1.02. The van der Waals surface area contributed by atoms with Crippen LogP contribution in [0.3, 0.4) is 0 Å². The van der Waals surface area contributed by atoms with Gasteiger partial charge in [-0.3, -0.25) is 4.79 Å². The monoisotopic (exact) mass is 606 g/mol. The highest BCUT2D eigenvalue weighted by molar-refractivity contribution is 5.79. The van der Waals surface area contributed by atoms with E-state index in [0.29, 0.717) is 29.6 Å². The number of aliphatic hydroxyl groups excluding tert-OH is 5. The van der Waals surface area contributed by atoms with E-state index in [1.54, 1.807) is 0 Å². The van der Waals surface area contributed by atoms with Crippen molar-refractivity contribution < 1.29 is 39.8 Å². The molecule has 4 fully saturated rings. The third kappa shape index (κ3) is 6.04. The van der Waals surface area contributed by atoms with Gasteiger partial charge in [0.25, 0.3) is 0 Å². The summed E-state index contributed by atoms with van der Waals surface area (Å²) in [4.78, 5) is 12.8. The van der Waals surface area contributed by atoms with Gasteiger partial charge in [-0.2, -0.15) is 0 Å². The van der Waals surface area contributed by atoms with E-state index < -0.39 is 37.1 Å². The van der Waals surface area contributed by atoms with Gasteiger partial charge in [-0.25, -0.2) is 0 Å². The van der Waals surface area contributed by atoms with Crippen LogP contribution in [0.2, 0.25) is 0 Å². The van der Waals surface area contributed by atoms with Crippen LogP contribution >= 0.6 is 0 Å². The van der Waals surface area contributed by atoms with Crippen LogP contribution in [-0.4, -0.2) is 81.3 Å². The molecular formula is C35H58O8. The van der Waals surface area contributed by atoms with Gasteiger partial charge in [-0.15, -0.1) is 0 Å². The topological polar surface area (TPSA) is 137 Å². The first-order chi connectivity index (χ1) is 20.3. The second-order valence-corrected chi connectivity index (χ2v) is 15.7. The van der Waals surface area contributed by atoms with E-state index in [0.717, 1.165) is 64.2 Å². The number of ketones is 1. The number of hydrogen-bond donors (Lipinski definition) is 5. The van der Waals surface area contributed by atoms with Crippen LogP contribution in [-0.2, 0) is 14.3 Å². The van der Waals surface area contributed by atoms with Gasteiger partial charge in [0.2, 0.25) is 0 Å². The second-order valence-electron chi connectivity index (χ2n) is 15.7. The maximum Gasteiger partial charge on any atom is 0.170 e. The molecule has 0 aromatic carbocycles. The van der Waals surface area contributed by atoms with Crippen molar-refractivity contribution >= 4 is 5.78 Å². The number of carbonyl (C=O) groups is 1. The SMILES string of the molecule is CC(=O)[C@H]1[C@H](O[C@H]2C[C@H]([C@H](C)CCC[C@H](C)CO)[C@@]3(C)CC[C@H]4[C@@H](CC=C5C[C@H](O)CC[C@@]54C)[C@@H]23)O[C@H](CO)[C@@H](O)[C@@H]1O. The summed E-state index contributed by atoms with van der Waals surface area (Å²) in [5, 5.41) is 51.4. The molecule has 0 unspecified atom stereocenters. The number of allylic oxidation sites excluding steroid dienone is 1. The first-order valence-electron chi connectivity index (χ1n) is 17.1. The van der Waals surface area contributed by atoms with Crippen molar-refractivity contribution in [3.8, 4) is 0 Å². The van der Waals surface area contributed by atoms with Gasteiger partial charge in [-0.05, 0) is 105 Å². The molecule has 5 rings (SSSR count). The van der Waals surface area contributed by atoms with Crippen molar-refractivity contribution in [2.75, 3.05) is 13.2 Å². The van der Waals surface area contributed by atoms with E-state index >= 15 is 0 Å². The van der Waals surface area contributed by atoms with Crippen LogP contribution < -0.4 is 0 Å². The molecule has 3 saturated carbocycles. The molecule has 8 nitrogen and oxygen atoms in total. The van der Waals surface area contributed by atoms with Crippen molar-refractivity contribution in [2.24, 2.45) is 52.3 Å². The van der Waals surface area contributed by atoms with Gasteiger partial charge < -0.3 is 35.0 Å². The Morgan fingerprint density at radius 1 is 1.09 bits per heavy atom. The quantitative estimate of drug-likeness (QED) is 0.236. The number of rotatable bonds is 10. The van der Waals surface area contributed by atoms with Gasteiger partial charge in [-0.1, -0.05) is 52.2 Å². The Kier molecular flexibility index (Phi) is 10.2. The van der Waals surface area contributed by atoms with E-state index in [9.17, 15) is 30.3 Å². The van der Waals surface area contributed by atoms with E-state index in [2.05, 4.69) is 33.8 Å². The lowest BCUT2D eigenvalue weighted by molar-refractivity contribution is -0.297. The maximum atomic E-state index is 12.8. The highest BCUT2D eigenvalue weighted by atomic mass is 16.7. The summed E-state index contributed by atoms with van der Waals surface area (Å²) in [5.41, 5.74) is 1.53. The predicted octanol–water partition coefficient (Wildman–Crippen LogP) is 4.00. The molecule has 5 aliphatic rings. The third-order valence-electron chi connectivity index (χ3n) is 13.1. The smallest absolute Gasteiger partial charge is 0.170 e. The third-order valence-corrected chi connectivity index (χ3v) is 13.1. The number of fused-ring (bicyclic) bond motifs is 5. The zero-order chi connectivity index (χ0) is 31.3. The standard InChI is InChI=1S/C35H58O8/c1-19(17-36)7-6-8-20(2)26-16-27(42-33-29(21(3)38)32(41)31(40)28(18-37)43-33)30-24-10-9-22-15-23(39)11-13-34(22,4)25(24)12-14-35(26,30)5/h9,19-20,23-33,36-37,39-41H,6-8,10-18H2,1-5H3/t19-,20+,23+,24+,25-,26+,27-,28+,29+,30-,31+,32+,33+,34-,35+/m0/s1. The molecule has 0 radical (unpaired) electrons. The molecule has 0 aromatic heterocycles. The number of aliphatic hydroxyl groups is 5. The Hall–Kier alpha value is -0.870. The van der Waals surface area contributed by atoms with Crippen LogP contribution in [0, 0.1) is 52.3 Å². The Morgan fingerprint density at radius 2 is 1.84 bits per heavy atom. The minimum Gasteiger partial charge on any atom is -0.396 e. The fourth-order valence-corrected chi connectivity index (χ4v) is 10.6. The second kappa shape index (κ2) is 13.1. The summed E-state index contributed by atoms with van der Waals surface area (Å²) in [6, 6.07) is 0. The van der Waals surface area contributed by atoms with Gasteiger partial charge in [0, 0.05) is 6.61 Å². The molecule has 0 aromatic rings. The van der Waals surface area contributed by atoms with Crippen LogP contribution in [0.15, 0.2) is 11.6 Å². The van der Waals surface area contributed by atoms with E-state index in [-0.39, 0.29) is 41.3 Å². The molecule has 15 atom stereocenters. The number of hydrogen-bond acceptors (Lipinski definition) is 8. The Morgan fingerprint density at radius 3 is 2.51 bits per heavy atom. The minimum absolute atomic E-state index is 0.0403. The number of ether oxygens (including phenoxy) is 2. The molecule has 246 valence electrons. The van der Waals surface area contributed by atoms with Crippen molar-refractivity contribution in [1.29, 1.82) is 0 Å². The highest BCUT2D eigenvalue weighted by Gasteiger charge is 2.63. The lowest BCUT2D eigenvalue weighted by Crippen LogP contribution is -2.59. The molecule has 1 aliphatic heterocycles. The van der Waals surface area contributed by atoms with Gasteiger partial charge in [0.1, 0.15) is 18.0 Å². The lowest BCUT2D eigenvalue weighted by atomic mass is 9.46. The summed E-state index contributed by atoms with van der Waals surface area (Å²) in [6.07, 6.45) is 7.07. The molecule has 5 N–H and O–H groups in total. The normalized spacial score (nSPS) is 47.6. The Bertz CT molecular complexity index is 1020. The van der Waals surface area contributed by atoms with E-state index in [4.69, 9.17) is 9.47 Å². The van der Waals surface area contributed by atoms with Crippen LogP contribution in [0.5, 0.6) is 0 Å². The highest BCUT2D eigenvalue weighted by Crippen LogP contribution is 2.68. The molecular weight excluding hydrogens is 548 g/mol. The minimum atomic E-state index is -1.36. The van der Waals surface area contributed by atoms with Crippen LogP contribution in [0.4, 0.5) is 0 Å². The zero-order valence-electron chi connectivity index (χ0n) is 27.0. The predicted molar refractivity (Wildman–Crippen MR) is 163 cm³/mol. The summed E-state index contributed by atoms with van der Waals surface area (Å²) in [6.45, 7) is 10.5. The first kappa shape index (κ1) is 33.5. The van der Waals surface area contributed by atoms with E-state index in [1.165, 1.54) is 12.5 Å². The van der Waals surface area contributed by atoms with Crippen molar-refractivity contribution in [2.45, 2.75) is 136 Å². The molecule has 43 heavy (non-hydrogen) atoms. The molecule has 1 saturated heterocycles. The summed E-state index contributed by atoms with van der Waals surface area (Å²) in [7, 11) is 0. The van der Waals surface area contributed by atoms with Crippen molar-refractivity contribution in [3.63, 3.8) is 0 Å². The molecule has 0 bridgehead atoms. The average molecular weight is 607 g/mol. The molecule has 4 aliphatic carbocycles. The summed E-state index contributed by atoms with van der Waals surface area (Å²) >= 11 is 0. The van der Waals surface area contributed by atoms with E-state index in [1.807, 2.05) is 0 Å². The van der Waals surface area contributed by atoms with Gasteiger partial charge >= 0.3 is 0 Å².